The number of halogens is 1. The minimum absolute atomic E-state index is 0.0437. The Balaban J connectivity index is 1.53. The van der Waals surface area contributed by atoms with Crippen molar-refractivity contribution in [1.29, 1.82) is 0 Å². The Hall–Kier alpha value is -3.92. The van der Waals surface area contributed by atoms with E-state index in [4.69, 9.17) is 20.8 Å². The fourth-order valence-electron chi connectivity index (χ4n) is 4.88. The summed E-state index contributed by atoms with van der Waals surface area (Å²) in [6.07, 6.45) is 2.52. The molecule has 1 fully saturated rings. The second-order valence-corrected chi connectivity index (χ2v) is 9.64. The molecule has 3 N–H and O–H groups in total. The van der Waals surface area contributed by atoms with Gasteiger partial charge in [0, 0.05) is 30.9 Å². The van der Waals surface area contributed by atoms with Crippen LogP contribution in [0.3, 0.4) is 0 Å². The molecule has 1 unspecified atom stereocenters. The summed E-state index contributed by atoms with van der Waals surface area (Å²) >= 11 is 0. The van der Waals surface area contributed by atoms with E-state index in [1.807, 2.05) is 26.0 Å². The van der Waals surface area contributed by atoms with Gasteiger partial charge in [-0.1, -0.05) is 18.2 Å². The van der Waals surface area contributed by atoms with Gasteiger partial charge in [0.2, 0.25) is 5.91 Å². The van der Waals surface area contributed by atoms with Gasteiger partial charge in [0.05, 0.1) is 22.9 Å². The van der Waals surface area contributed by atoms with Gasteiger partial charge in [-0.2, -0.15) is 5.10 Å². The molecule has 0 aliphatic carbocycles. The molecule has 9 nitrogen and oxygen atoms in total. The number of nitrogens with zero attached hydrogens (tertiary/aromatic N) is 6. The molecule has 1 amide bonds. The summed E-state index contributed by atoms with van der Waals surface area (Å²) in [6, 6.07) is 10.4. The maximum absolute atomic E-state index is 14.4. The number of hydrogen-bond acceptors (Lipinski definition) is 7. The van der Waals surface area contributed by atoms with Gasteiger partial charge in [-0.3, -0.25) is 4.79 Å². The summed E-state index contributed by atoms with van der Waals surface area (Å²) in [7, 11) is 0. The van der Waals surface area contributed by atoms with Gasteiger partial charge in [0.1, 0.15) is 23.1 Å². The summed E-state index contributed by atoms with van der Waals surface area (Å²) < 4.78 is 16.0. The number of hydrogen-bond donors (Lipinski definition) is 2. The first-order valence-corrected chi connectivity index (χ1v) is 11.6. The highest BCUT2D eigenvalue weighted by Crippen LogP contribution is 2.43. The van der Waals surface area contributed by atoms with Crippen molar-refractivity contribution in [3.8, 4) is 11.5 Å². The molecule has 0 spiro atoms. The van der Waals surface area contributed by atoms with Crippen LogP contribution in [0.2, 0.25) is 0 Å². The molecule has 10 heteroatoms. The molecule has 0 radical (unpaired) electrons. The number of pyridine rings is 1. The molecule has 1 saturated heterocycles. The largest absolute Gasteiger partial charge is 0.355 e. The lowest BCUT2D eigenvalue weighted by atomic mass is 9.87. The first-order chi connectivity index (χ1) is 16.8. The Morgan fingerprint density at radius 3 is 2.80 bits per heavy atom. The molecular weight excluding hydrogens is 447 g/mol. The van der Waals surface area contributed by atoms with Crippen LogP contribution in [0.5, 0.6) is 0 Å². The van der Waals surface area contributed by atoms with E-state index in [0.29, 0.717) is 40.9 Å². The molecule has 5 heterocycles. The van der Waals surface area contributed by atoms with Crippen molar-refractivity contribution in [2.24, 2.45) is 5.73 Å². The van der Waals surface area contributed by atoms with Crippen molar-refractivity contribution in [3.05, 3.63) is 59.5 Å². The SMILES string of the molecule is CC1(C)C(=O)Nc2nc(-c3nn(Cc4ccccc4F)c4ncccc34)nc(N3CCC(N)C3)c21. The monoisotopic (exact) mass is 472 g/mol. The number of amides is 1. The van der Waals surface area contributed by atoms with Gasteiger partial charge < -0.3 is 16.0 Å². The van der Waals surface area contributed by atoms with Gasteiger partial charge in [0.25, 0.3) is 0 Å². The lowest BCUT2D eigenvalue weighted by molar-refractivity contribution is -0.119. The molecule has 2 aliphatic heterocycles. The maximum Gasteiger partial charge on any atom is 0.235 e. The number of carbonyl (C=O) groups excluding carboxylic acids is 1. The highest BCUT2D eigenvalue weighted by molar-refractivity contribution is 6.06. The standard InChI is InChI=1S/C25H25FN8O/c1-25(2)18-20(31-24(25)35)29-21(30-23(18)33-11-9-15(27)13-33)19-16-7-5-10-28-22(16)34(32-19)12-14-6-3-4-8-17(14)26/h3-8,10,15H,9,11-13,27H2,1-2H3,(H,29,30,31,35). The number of anilines is 2. The predicted molar refractivity (Wildman–Crippen MR) is 131 cm³/mol. The molecule has 0 saturated carbocycles. The Labute approximate surface area is 201 Å². The van der Waals surface area contributed by atoms with Crippen molar-refractivity contribution in [3.63, 3.8) is 0 Å². The molecule has 6 rings (SSSR count). The van der Waals surface area contributed by atoms with Gasteiger partial charge in [-0.05, 0) is 38.5 Å². The van der Waals surface area contributed by atoms with E-state index in [1.54, 1.807) is 29.1 Å². The van der Waals surface area contributed by atoms with Crippen LogP contribution >= 0.6 is 0 Å². The minimum atomic E-state index is -0.774. The molecule has 0 bridgehead atoms. The molecule has 35 heavy (non-hydrogen) atoms. The number of fused-ring (bicyclic) bond motifs is 2. The second-order valence-electron chi connectivity index (χ2n) is 9.64. The normalized spacial score (nSPS) is 18.8. The van der Waals surface area contributed by atoms with Crippen LogP contribution in [-0.4, -0.2) is 49.8 Å². The van der Waals surface area contributed by atoms with Crippen LogP contribution in [-0.2, 0) is 16.8 Å². The van der Waals surface area contributed by atoms with E-state index >= 15 is 0 Å². The van der Waals surface area contributed by atoms with Gasteiger partial charge in [-0.25, -0.2) is 24.0 Å². The number of benzene rings is 1. The lowest BCUT2D eigenvalue weighted by Crippen LogP contribution is -2.32. The molecule has 4 aromatic rings. The summed E-state index contributed by atoms with van der Waals surface area (Å²) in [4.78, 5) is 29.1. The molecule has 3 aromatic heterocycles. The van der Waals surface area contributed by atoms with Crippen LogP contribution in [0.25, 0.3) is 22.6 Å². The average molecular weight is 473 g/mol. The zero-order valence-electron chi connectivity index (χ0n) is 19.5. The van der Waals surface area contributed by atoms with E-state index in [-0.39, 0.29) is 24.3 Å². The fraction of sp³-hybridized carbons (Fsp3) is 0.320. The van der Waals surface area contributed by atoms with Crippen LogP contribution in [0.1, 0.15) is 31.4 Å². The maximum atomic E-state index is 14.4. The van der Waals surface area contributed by atoms with Gasteiger partial charge in [-0.15, -0.1) is 0 Å². The number of nitrogens with two attached hydrogens (primary N) is 1. The fourth-order valence-corrected chi connectivity index (χ4v) is 4.88. The second kappa shape index (κ2) is 7.81. The predicted octanol–water partition coefficient (Wildman–Crippen LogP) is 2.84. The lowest BCUT2D eigenvalue weighted by Gasteiger charge is -2.25. The number of nitrogens with one attached hydrogen (secondary N) is 1. The number of carbonyl (C=O) groups is 1. The van der Waals surface area contributed by atoms with Gasteiger partial charge in [0.15, 0.2) is 11.5 Å². The zero-order chi connectivity index (χ0) is 24.3. The summed E-state index contributed by atoms with van der Waals surface area (Å²) in [6.45, 7) is 5.36. The van der Waals surface area contributed by atoms with Crippen molar-refractivity contribution in [1.82, 2.24) is 24.7 Å². The molecule has 1 aromatic carbocycles. The number of rotatable bonds is 4. The third kappa shape index (κ3) is 3.44. The van der Waals surface area contributed by atoms with Crippen molar-refractivity contribution < 1.29 is 9.18 Å². The summed E-state index contributed by atoms with van der Waals surface area (Å²) in [5, 5.41) is 8.44. The quantitative estimate of drug-likeness (QED) is 0.469. The van der Waals surface area contributed by atoms with Crippen LogP contribution < -0.4 is 16.0 Å². The van der Waals surface area contributed by atoms with E-state index in [9.17, 15) is 9.18 Å². The highest BCUT2D eigenvalue weighted by atomic mass is 19.1. The highest BCUT2D eigenvalue weighted by Gasteiger charge is 2.44. The van der Waals surface area contributed by atoms with E-state index in [0.717, 1.165) is 23.9 Å². The third-order valence-electron chi connectivity index (χ3n) is 6.84. The number of aromatic nitrogens is 5. The molecule has 1 atom stereocenters. The Morgan fingerprint density at radius 1 is 1.20 bits per heavy atom. The first kappa shape index (κ1) is 21.6. The molecule has 2 aliphatic rings. The van der Waals surface area contributed by atoms with E-state index in [1.165, 1.54) is 6.07 Å². The Bertz CT molecular complexity index is 1480. The first-order valence-electron chi connectivity index (χ1n) is 11.6. The van der Waals surface area contributed by atoms with E-state index in [2.05, 4.69) is 15.2 Å². The Morgan fingerprint density at radius 2 is 2.03 bits per heavy atom. The minimum Gasteiger partial charge on any atom is -0.355 e. The van der Waals surface area contributed by atoms with Crippen molar-refractivity contribution in [2.45, 2.75) is 38.3 Å². The summed E-state index contributed by atoms with van der Waals surface area (Å²) in [5.74, 6) is 1.13. The molecular formula is C25H25FN8O. The van der Waals surface area contributed by atoms with Crippen molar-refractivity contribution >= 4 is 28.6 Å². The molecule has 178 valence electrons. The van der Waals surface area contributed by atoms with Crippen LogP contribution in [0, 0.1) is 5.82 Å². The van der Waals surface area contributed by atoms with Crippen LogP contribution in [0.4, 0.5) is 16.0 Å². The third-order valence-corrected chi connectivity index (χ3v) is 6.84. The Kier molecular flexibility index (Phi) is 4.82. The smallest absolute Gasteiger partial charge is 0.235 e. The van der Waals surface area contributed by atoms with Crippen LogP contribution in [0.15, 0.2) is 42.6 Å². The topological polar surface area (TPSA) is 115 Å². The van der Waals surface area contributed by atoms with Gasteiger partial charge >= 0.3 is 0 Å². The zero-order valence-corrected chi connectivity index (χ0v) is 19.5. The van der Waals surface area contributed by atoms with Crippen molar-refractivity contribution in [2.75, 3.05) is 23.3 Å². The average Bonchev–Trinajstić information content (AvgIpc) is 3.49. The summed E-state index contributed by atoms with van der Waals surface area (Å²) in [5.41, 5.74) is 7.82. The van der Waals surface area contributed by atoms with E-state index < -0.39 is 5.41 Å².